The quantitative estimate of drug-likeness (QED) is 0.202. The first-order valence-electron chi connectivity index (χ1n) is 1.22. The van der Waals surface area contributed by atoms with Crippen LogP contribution in [0.4, 0.5) is 9.59 Å². The van der Waals surface area contributed by atoms with Gasteiger partial charge in [-0.2, -0.15) is 0 Å². The summed E-state index contributed by atoms with van der Waals surface area (Å²) in [7, 11) is 0. The summed E-state index contributed by atoms with van der Waals surface area (Å²) in [6.07, 6.45) is -4.25. The minimum absolute atomic E-state index is 0. The Hall–Kier alpha value is 1.38. The molecule has 0 heterocycles. The Morgan fingerprint density at radius 2 is 1.33 bits per heavy atom. The molecule has 7 heteroatoms. The van der Waals surface area contributed by atoms with Crippen molar-refractivity contribution in [2.45, 2.75) is 0 Å². The smallest absolute Gasteiger partial charge is 0.483 e. The predicted octanol–water partition coefficient (Wildman–Crippen LogP) is -8.30. The van der Waals surface area contributed by atoms with Gasteiger partial charge in [0.05, 0.1) is 0 Å². The van der Waals surface area contributed by atoms with E-state index in [1.165, 1.54) is 0 Å². The molecule has 0 saturated carbocycles. The van der Waals surface area contributed by atoms with Gasteiger partial charge in [-0.3, -0.25) is 0 Å². The summed E-state index contributed by atoms with van der Waals surface area (Å²) >= 11 is 0. The zero-order chi connectivity index (χ0) is 5.86. The monoisotopic (exact) mass is 166 g/mol. The van der Waals surface area contributed by atoms with E-state index >= 15 is 0 Å². The fourth-order valence-corrected chi connectivity index (χ4v) is 0.0680. The van der Waals surface area contributed by atoms with E-state index in [4.69, 9.17) is 19.8 Å². The van der Waals surface area contributed by atoms with E-state index in [9.17, 15) is 0 Å². The normalized spacial score (nSPS) is 5.78. The van der Waals surface area contributed by atoms with Crippen LogP contribution in [-0.4, -0.2) is 12.3 Å². The number of carbonyl (C=O) groups is 2. The summed E-state index contributed by atoms with van der Waals surface area (Å²) in [4.78, 5) is 18.1. The van der Waals surface area contributed by atoms with Gasteiger partial charge in [0.15, 0.2) is 0 Å². The molecular weight excluding hydrogens is 166 g/mol. The Balaban J connectivity index is -0.000000180. The van der Waals surface area contributed by atoms with Crippen LogP contribution in [0.3, 0.4) is 0 Å². The number of carbonyl (C=O) groups excluding carboxylic acids is 2. The van der Waals surface area contributed by atoms with Gasteiger partial charge in [-0.25, -0.2) is 0 Å². The molecular formula is C2KNaO5. The van der Waals surface area contributed by atoms with Crippen LogP contribution in [-0.2, 0) is 4.74 Å². The maximum Gasteiger partial charge on any atom is 1.00 e. The maximum absolute atomic E-state index is 9.06. The molecule has 0 aliphatic carbocycles. The molecule has 5 nitrogen and oxygen atoms in total. The summed E-state index contributed by atoms with van der Waals surface area (Å²) < 4.78 is 2.86. The van der Waals surface area contributed by atoms with Gasteiger partial charge >= 0.3 is 80.9 Å². The van der Waals surface area contributed by atoms with E-state index in [-0.39, 0.29) is 80.9 Å². The van der Waals surface area contributed by atoms with E-state index in [2.05, 4.69) is 4.74 Å². The van der Waals surface area contributed by atoms with Gasteiger partial charge in [-0.05, 0) is 0 Å². The van der Waals surface area contributed by atoms with Crippen LogP contribution in [0.25, 0.3) is 0 Å². The summed E-state index contributed by atoms with van der Waals surface area (Å²) in [6, 6.07) is 0. The topological polar surface area (TPSA) is 89.5 Å². The van der Waals surface area contributed by atoms with Crippen molar-refractivity contribution < 1.29 is 105 Å². The van der Waals surface area contributed by atoms with Crippen LogP contribution in [0.2, 0.25) is 0 Å². The molecule has 0 aliphatic rings. The summed E-state index contributed by atoms with van der Waals surface area (Å²) in [5.41, 5.74) is 0. The van der Waals surface area contributed by atoms with Gasteiger partial charge in [-0.1, -0.05) is 0 Å². The standard InChI is InChI=1S/C2H2O5.K.Na/c3-1(4)7-2(5)6;;/h(H,3,4)(H,5,6);;/q;2*+1/p-2. The van der Waals surface area contributed by atoms with E-state index in [0.717, 1.165) is 0 Å². The number of hydrogen-bond donors (Lipinski definition) is 0. The zero-order valence-corrected chi connectivity index (χ0v) is 10.2. The fraction of sp³-hybridized carbons (Fsp3) is 0. The van der Waals surface area contributed by atoms with Crippen LogP contribution in [0.15, 0.2) is 0 Å². The van der Waals surface area contributed by atoms with E-state index in [0.29, 0.717) is 0 Å². The van der Waals surface area contributed by atoms with Crippen LogP contribution < -0.4 is 91.2 Å². The molecule has 0 fully saturated rings. The first-order valence-corrected chi connectivity index (χ1v) is 1.22. The van der Waals surface area contributed by atoms with Crippen molar-refractivity contribution in [2.75, 3.05) is 0 Å². The van der Waals surface area contributed by atoms with Gasteiger partial charge < -0.3 is 24.5 Å². The molecule has 0 rings (SSSR count). The second-order valence-electron chi connectivity index (χ2n) is 0.602. The molecule has 0 atom stereocenters. The summed E-state index contributed by atoms with van der Waals surface area (Å²) in [6.45, 7) is 0. The molecule has 0 aliphatic heterocycles. The molecule has 0 aromatic carbocycles. The van der Waals surface area contributed by atoms with Crippen molar-refractivity contribution in [1.29, 1.82) is 0 Å². The maximum atomic E-state index is 9.06. The van der Waals surface area contributed by atoms with Gasteiger partial charge in [0, 0.05) is 0 Å². The Bertz CT molecular complexity index is 91.1. The molecule has 0 aromatic heterocycles. The molecule has 9 heavy (non-hydrogen) atoms. The summed E-state index contributed by atoms with van der Waals surface area (Å²) in [5.74, 6) is 0. The van der Waals surface area contributed by atoms with Crippen LogP contribution >= 0.6 is 0 Å². The van der Waals surface area contributed by atoms with E-state index in [1.54, 1.807) is 0 Å². The average Bonchev–Trinajstić information content (AvgIpc) is 1.27. The molecule has 0 aromatic rings. The molecule has 0 bridgehead atoms. The Kier molecular flexibility index (Phi) is 17.5. The Labute approximate surface area is 115 Å². The number of carboxylic acid groups (broad SMARTS) is 2. The van der Waals surface area contributed by atoms with Gasteiger partial charge in [-0.15, -0.1) is 0 Å². The van der Waals surface area contributed by atoms with Crippen molar-refractivity contribution >= 4 is 12.3 Å². The van der Waals surface area contributed by atoms with Gasteiger partial charge in [0.2, 0.25) is 0 Å². The minimum atomic E-state index is -2.12. The second kappa shape index (κ2) is 9.38. The summed E-state index contributed by atoms with van der Waals surface area (Å²) in [5, 5.41) is 18.1. The third-order valence-corrected chi connectivity index (χ3v) is 0.167. The first-order chi connectivity index (χ1) is 3.13. The predicted molar refractivity (Wildman–Crippen MR) is 11.9 cm³/mol. The third-order valence-electron chi connectivity index (χ3n) is 0.167. The van der Waals surface area contributed by atoms with Crippen LogP contribution in [0, 0.1) is 0 Å². The van der Waals surface area contributed by atoms with Gasteiger partial charge in [0.25, 0.3) is 12.3 Å². The molecule has 40 valence electrons. The van der Waals surface area contributed by atoms with Gasteiger partial charge in [0.1, 0.15) is 0 Å². The largest absolute Gasteiger partial charge is 1.00 e. The van der Waals surface area contributed by atoms with Crippen LogP contribution in [0.1, 0.15) is 0 Å². The van der Waals surface area contributed by atoms with Crippen LogP contribution in [0.5, 0.6) is 0 Å². The van der Waals surface area contributed by atoms with Crippen molar-refractivity contribution in [3.63, 3.8) is 0 Å². The molecule has 0 N–H and O–H groups in total. The average molecular weight is 166 g/mol. The van der Waals surface area contributed by atoms with Crippen molar-refractivity contribution in [1.82, 2.24) is 0 Å². The van der Waals surface area contributed by atoms with E-state index < -0.39 is 12.3 Å². The zero-order valence-electron chi connectivity index (χ0n) is 5.04. The third kappa shape index (κ3) is 17.6. The number of rotatable bonds is 0. The second-order valence-corrected chi connectivity index (χ2v) is 0.602. The SMILES string of the molecule is O=C([O-])OC(=O)[O-].[K+].[Na+]. The van der Waals surface area contributed by atoms with Crippen molar-refractivity contribution in [2.24, 2.45) is 0 Å². The van der Waals surface area contributed by atoms with Crippen molar-refractivity contribution in [3.05, 3.63) is 0 Å². The number of ether oxygens (including phenoxy) is 1. The first kappa shape index (κ1) is 16.8. The van der Waals surface area contributed by atoms with Crippen molar-refractivity contribution in [3.8, 4) is 0 Å². The molecule has 0 radical (unpaired) electrons. The molecule has 0 amide bonds. The molecule has 0 unspecified atom stereocenters. The minimum Gasteiger partial charge on any atom is -0.483 e. The molecule has 0 saturated heterocycles. The molecule has 0 spiro atoms. The van der Waals surface area contributed by atoms with E-state index in [1.807, 2.05) is 0 Å². The fourth-order valence-electron chi connectivity index (χ4n) is 0.0680. The Morgan fingerprint density at radius 1 is 1.11 bits per heavy atom. The number of hydrogen-bond acceptors (Lipinski definition) is 5. The Morgan fingerprint density at radius 3 is 1.33 bits per heavy atom.